The molecule has 0 amide bonds. The minimum atomic E-state index is -7.22. The molecule has 0 heterocycles. The molecule has 2 fully saturated rings. The molecule has 0 aliphatic heterocycles. The lowest BCUT2D eigenvalue weighted by Gasteiger charge is -2.45. The van der Waals surface area contributed by atoms with Crippen LogP contribution in [0.1, 0.15) is 118 Å². The fraction of sp³-hybridized carbons (Fsp3) is 0.478. The molecule has 6 rings (SSSR count). The van der Waals surface area contributed by atoms with E-state index in [0.29, 0.717) is 10.8 Å². The third-order valence-corrected chi connectivity index (χ3v) is 14.2. The summed E-state index contributed by atoms with van der Waals surface area (Å²) in [5, 5.41) is 2.91. The van der Waals surface area contributed by atoms with Gasteiger partial charge in [0.2, 0.25) is 0 Å². The topological polar surface area (TPSA) is 16.6 Å². The molecule has 2 aliphatic carbocycles. The highest BCUT2D eigenvalue weighted by molar-refractivity contribution is 7.20. The minimum Gasteiger partial charge on any atom is -0.340 e. The number of halogens is 20. The molecular formula is C46H44BF20N. The quantitative estimate of drug-likeness (QED) is 0.0630. The first kappa shape index (κ1) is 54.4. The van der Waals surface area contributed by atoms with Crippen LogP contribution in [0.15, 0.2) is 0 Å². The van der Waals surface area contributed by atoms with Crippen LogP contribution in [0, 0.1) is 127 Å². The van der Waals surface area contributed by atoms with E-state index < -0.39 is 144 Å². The van der Waals surface area contributed by atoms with Crippen LogP contribution in [0.3, 0.4) is 0 Å². The van der Waals surface area contributed by atoms with Gasteiger partial charge in [0.25, 0.3) is 0 Å². The lowest BCUT2D eigenvalue weighted by atomic mass is 9.12. The fourth-order valence-corrected chi connectivity index (χ4v) is 10.6. The number of hydrogen-bond donors (Lipinski definition) is 1. The first-order valence-corrected chi connectivity index (χ1v) is 21.8. The van der Waals surface area contributed by atoms with E-state index in [2.05, 4.69) is 33.0 Å². The molecule has 2 N–H and O–H groups in total. The Bertz CT molecular complexity index is 2120. The third kappa shape index (κ3) is 9.08. The van der Waals surface area contributed by atoms with Gasteiger partial charge in [0.15, 0.2) is 69.8 Å². The van der Waals surface area contributed by atoms with Gasteiger partial charge < -0.3 is 5.32 Å². The van der Waals surface area contributed by atoms with Gasteiger partial charge in [0.05, 0.1) is 12.1 Å². The van der Waals surface area contributed by atoms with E-state index >= 15 is 35.1 Å². The van der Waals surface area contributed by atoms with Crippen molar-refractivity contribution in [1.82, 2.24) is 0 Å². The van der Waals surface area contributed by atoms with Crippen LogP contribution in [0.4, 0.5) is 87.8 Å². The molecule has 2 saturated carbocycles. The van der Waals surface area contributed by atoms with Crippen LogP contribution in [0.5, 0.6) is 0 Å². The summed E-state index contributed by atoms with van der Waals surface area (Å²) in [5.74, 6) is -71.4. The lowest BCUT2D eigenvalue weighted by molar-refractivity contribution is -0.747. The summed E-state index contributed by atoms with van der Waals surface area (Å²) in [4.78, 5) is 0. The molecule has 68 heavy (non-hydrogen) atoms. The van der Waals surface area contributed by atoms with Crippen LogP contribution < -0.4 is 27.2 Å². The minimum absolute atomic E-state index is 0.602. The van der Waals surface area contributed by atoms with E-state index in [1.807, 2.05) is 0 Å². The summed E-state index contributed by atoms with van der Waals surface area (Å²) in [7, 11) is 0. The maximum absolute atomic E-state index is 15.4. The van der Waals surface area contributed by atoms with Crippen molar-refractivity contribution >= 4 is 28.0 Å². The van der Waals surface area contributed by atoms with Gasteiger partial charge in [0, 0.05) is 10.8 Å². The lowest BCUT2D eigenvalue weighted by Crippen LogP contribution is -2.99. The van der Waals surface area contributed by atoms with E-state index in [1.165, 1.54) is 89.9 Å². The van der Waals surface area contributed by atoms with E-state index in [-0.39, 0.29) is 0 Å². The Labute approximate surface area is 377 Å². The van der Waals surface area contributed by atoms with Crippen LogP contribution in [-0.4, -0.2) is 18.2 Å². The molecule has 4 aromatic rings. The molecular weight excluding hydrogens is 957 g/mol. The third-order valence-electron chi connectivity index (χ3n) is 14.2. The van der Waals surface area contributed by atoms with E-state index in [9.17, 15) is 52.7 Å². The van der Waals surface area contributed by atoms with Gasteiger partial charge in [-0.05, 0) is 38.5 Å². The highest BCUT2D eigenvalue weighted by Gasteiger charge is 2.52. The average Bonchev–Trinajstić information content (AvgIpc) is 3.31. The van der Waals surface area contributed by atoms with Gasteiger partial charge in [-0.3, -0.25) is 0 Å². The average molecular weight is 1000 g/mol. The Kier molecular flexibility index (Phi) is 16.7. The summed E-state index contributed by atoms with van der Waals surface area (Å²) in [6.07, 6.45) is 13.1. The predicted octanol–water partition coefficient (Wildman–Crippen LogP) is 11.7. The second-order valence-electron chi connectivity index (χ2n) is 18.2. The van der Waals surface area contributed by atoms with E-state index in [4.69, 9.17) is 0 Å². The van der Waals surface area contributed by atoms with Crippen LogP contribution in [0.2, 0.25) is 0 Å². The standard InChI is InChI=1S/C24BF20.C22H43N/c26-5-1(6(27)14(35)21(42)13(5)34)25(2-7(28)15(36)22(43)16(37)8(2)29,3-9(30)17(38)23(44)18(39)10(3)31)4-11(32)19(40)24(45)20(41)12(4)33;1-5-13-19(21(3)15-9-7-10-16-21)23-20(14-6-2)22(4)17-11-8-12-18-22/h;19-20,23H,5-18H2,1-4H3/q-1;/p+1. The fourth-order valence-electron chi connectivity index (χ4n) is 10.6. The normalized spacial score (nSPS) is 16.9. The number of benzene rings is 4. The molecule has 2 unspecified atom stereocenters. The summed E-state index contributed by atoms with van der Waals surface area (Å²) >= 11 is 0. The van der Waals surface area contributed by atoms with Crippen LogP contribution in [0.25, 0.3) is 0 Å². The van der Waals surface area contributed by atoms with Crippen molar-refractivity contribution in [2.45, 2.75) is 130 Å². The Morgan fingerprint density at radius 3 is 0.676 bits per heavy atom. The summed E-state index contributed by atoms with van der Waals surface area (Å²) in [6, 6.07) is 1.73. The first-order valence-electron chi connectivity index (χ1n) is 21.8. The van der Waals surface area contributed by atoms with Gasteiger partial charge in [-0.25, -0.2) is 87.8 Å². The summed E-state index contributed by atoms with van der Waals surface area (Å²) < 4.78 is 294. The zero-order valence-corrected chi connectivity index (χ0v) is 36.8. The van der Waals surface area contributed by atoms with Gasteiger partial charge in [-0.1, -0.05) is 79.1 Å². The number of rotatable bonds is 12. The van der Waals surface area contributed by atoms with E-state index in [0.717, 1.165) is 12.1 Å². The smallest absolute Gasteiger partial charge is 0.200 e. The molecule has 0 spiro atoms. The van der Waals surface area contributed by atoms with Gasteiger partial charge in [-0.15, -0.1) is 21.9 Å². The Balaban J connectivity index is 0.000000314. The molecule has 2 atom stereocenters. The summed E-state index contributed by atoms with van der Waals surface area (Å²) in [6.45, 7) is 10.0. The predicted molar refractivity (Wildman–Crippen MR) is 211 cm³/mol. The molecule has 22 heteroatoms. The zero-order chi connectivity index (χ0) is 51.1. The molecule has 0 aromatic heterocycles. The van der Waals surface area contributed by atoms with E-state index in [1.54, 1.807) is 0 Å². The molecule has 2 aliphatic rings. The Morgan fingerprint density at radius 2 is 0.500 bits per heavy atom. The van der Waals surface area contributed by atoms with Crippen LogP contribution >= 0.6 is 0 Å². The van der Waals surface area contributed by atoms with Crippen molar-refractivity contribution in [3.63, 3.8) is 0 Å². The highest BCUT2D eigenvalue weighted by atomic mass is 19.2. The molecule has 0 saturated heterocycles. The number of hydrogen-bond acceptors (Lipinski definition) is 0. The Hall–Kier alpha value is -4.50. The maximum atomic E-state index is 15.4. The molecule has 4 aromatic carbocycles. The molecule has 376 valence electrons. The van der Waals surface area contributed by atoms with Crippen molar-refractivity contribution in [3.05, 3.63) is 116 Å². The van der Waals surface area contributed by atoms with Crippen molar-refractivity contribution in [1.29, 1.82) is 0 Å². The Morgan fingerprint density at radius 1 is 0.324 bits per heavy atom. The van der Waals surface area contributed by atoms with Gasteiger partial charge >= 0.3 is 0 Å². The number of quaternary nitrogens is 1. The SMILES string of the molecule is CCCC([NH2+]C(CCC)C1(C)CCCCC1)C1(C)CCCCC1.Fc1c(F)c(F)c([B-](c2c(F)c(F)c(F)c(F)c2F)(c2c(F)c(F)c(F)c(F)c2F)c2c(F)c(F)c(F)c(F)c2F)c(F)c1F. The maximum Gasteiger partial charge on any atom is 0.200 e. The van der Waals surface area contributed by atoms with Gasteiger partial charge in [-0.2, -0.15) is 0 Å². The largest absolute Gasteiger partial charge is 0.340 e. The molecule has 0 bridgehead atoms. The number of nitrogens with two attached hydrogens (primary N) is 1. The monoisotopic (exact) mass is 1000 g/mol. The van der Waals surface area contributed by atoms with Crippen molar-refractivity contribution in [2.75, 3.05) is 0 Å². The second-order valence-corrected chi connectivity index (χ2v) is 18.2. The first-order chi connectivity index (χ1) is 31.7. The summed E-state index contributed by atoms with van der Waals surface area (Å²) in [5.41, 5.74) is -13.1. The second kappa shape index (κ2) is 20.8. The van der Waals surface area contributed by atoms with Gasteiger partial charge in [0.1, 0.15) is 52.7 Å². The zero-order valence-electron chi connectivity index (χ0n) is 36.8. The van der Waals surface area contributed by atoms with Crippen LogP contribution in [-0.2, 0) is 0 Å². The molecule has 1 nitrogen and oxygen atoms in total. The molecule has 0 radical (unpaired) electrons. The van der Waals surface area contributed by atoms with Crippen molar-refractivity contribution in [3.8, 4) is 0 Å². The van der Waals surface area contributed by atoms with Crippen molar-refractivity contribution in [2.24, 2.45) is 10.8 Å². The highest BCUT2D eigenvalue weighted by Crippen LogP contribution is 2.42. The van der Waals surface area contributed by atoms with Crippen molar-refractivity contribution < 1.29 is 93.1 Å².